The van der Waals surface area contributed by atoms with Gasteiger partial charge in [0.15, 0.2) is 17.5 Å². The Labute approximate surface area is 208 Å². The number of rotatable bonds is 9. The number of ether oxygens (including phenoxy) is 3. The summed E-state index contributed by atoms with van der Waals surface area (Å²) in [4.78, 5) is 6.81. The van der Waals surface area contributed by atoms with Crippen molar-refractivity contribution < 1.29 is 14.2 Å². The molecule has 0 saturated carbocycles. The highest BCUT2D eigenvalue weighted by molar-refractivity contribution is 14.0. The molecule has 176 valence electrons. The SMILES string of the molecule is CN=C(NCCc1ccc(OC)c(OC)c1)NCc1ccccc1CN1CCOCC1.I. The standard InChI is InChI=1S/C24H34N4O3.HI/c1-25-24(26-11-10-19-8-9-22(29-2)23(16-19)30-3)27-17-20-6-4-5-7-21(20)18-28-12-14-31-15-13-28;/h4-9,16H,10-15,17-18H2,1-3H3,(H2,25,26,27);1H. The Hall–Kier alpha value is -2.04. The molecule has 7 nitrogen and oxygen atoms in total. The maximum atomic E-state index is 5.46. The fourth-order valence-electron chi connectivity index (χ4n) is 3.65. The number of benzene rings is 2. The zero-order chi connectivity index (χ0) is 21.9. The highest BCUT2D eigenvalue weighted by Crippen LogP contribution is 2.27. The third-order valence-electron chi connectivity index (χ3n) is 5.44. The Morgan fingerprint density at radius 2 is 1.72 bits per heavy atom. The molecule has 1 saturated heterocycles. The largest absolute Gasteiger partial charge is 0.493 e. The molecule has 2 N–H and O–H groups in total. The van der Waals surface area contributed by atoms with Crippen molar-refractivity contribution in [2.45, 2.75) is 19.5 Å². The summed E-state index contributed by atoms with van der Waals surface area (Å²) in [7, 11) is 5.10. The Balaban J connectivity index is 0.00000363. The molecule has 0 atom stereocenters. The lowest BCUT2D eigenvalue weighted by atomic mass is 10.1. The van der Waals surface area contributed by atoms with Crippen LogP contribution >= 0.6 is 24.0 Å². The van der Waals surface area contributed by atoms with Crippen LogP contribution in [0.15, 0.2) is 47.5 Å². The Morgan fingerprint density at radius 3 is 2.41 bits per heavy atom. The van der Waals surface area contributed by atoms with E-state index >= 15 is 0 Å². The molecule has 3 rings (SSSR count). The molecule has 0 radical (unpaired) electrons. The molecule has 8 heteroatoms. The first-order valence-electron chi connectivity index (χ1n) is 10.8. The summed E-state index contributed by atoms with van der Waals surface area (Å²) in [6, 6.07) is 14.6. The molecule has 2 aromatic carbocycles. The molecule has 0 amide bonds. The number of nitrogens with zero attached hydrogens (tertiary/aromatic N) is 2. The average Bonchev–Trinajstić information content (AvgIpc) is 2.82. The number of morpholine rings is 1. The summed E-state index contributed by atoms with van der Waals surface area (Å²) in [5.41, 5.74) is 3.81. The maximum Gasteiger partial charge on any atom is 0.191 e. The molecule has 0 aliphatic carbocycles. The molecule has 0 unspecified atom stereocenters. The highest BCUT2D eigenvalue weighted by Gasteiger charge is 2.13. The van der Waals surface area contributed by atoms with Gasteiger partial charge in [-0.15, -0.1) is 24.0 Å². The van der Waals surface area contributed by atoms with Crippen LogP contribution in [0.4, 0.5) is 0 Å². The van der Waals surface area contributed by atoms with Gasteiger partial charge in [0.2, 0.25) is 0 Å². The fourth-order valence-corrected chi connectivity index (χ4v) is 3.65. The van der Waals surface area contributed by atoms with Gasteiger partial charge in [0, 0.05) is 39.8 Å². The quantitative estimate of drug-likeness (QED) is 0.282. The smallest absolute Gasteiger partial charge is 0.191 e. The lowest BCUT2D eigenvalue weighted by molar-refractivity contribution is 0.0341. The van der Waals surface area contributed by atoms with Gasteiger partial charge in [0.05, 0.1) is 27.4 Å². The molecule has 1 aliphatic rings. The van der Waals surface area contributed by atoms with E-state index in [0.29, 0.717) is 0 Å². The second-order valence-corrected chi connectivity index (χ2v) is 7.45. The predicted octanol–water partition coefficient (Wildman–Crippen LogP) is 3.06. The van der Waals surface area contributed by atoms with Crippen LogP contribution in [-0.4, -0.2) is 65.0 Å². The number of hydrogen-bond acceptors (Lipinski definition) is 5. The Bertz CT molecular complexity index is 857. The van der Waals surface area contributed by atoms with Gasteiger partial charge in [-0.2, -0.15) is 0 Å². The van der Waals surface area contributed by atoms with Crippen LogP contribution in [0.3, 0.4) is 0 Å². The van der Waals surface area contributed by atoms with Crippen molar-refractivity contribution >= 4 is 29.9 Å². The van der Waals surface area contributed by atoms with Crippen molar-refractivity contribution in [3.63, 3.8) is 0 Å². The van der Waals surface area contributed by atoms with E-state index in [9.17, 15) is 0 Å². The van der Waals surface area contributed by atoms with Gasteiger partial charge >= 0.3 is 0 Å². The van der Waals surface area contributed by atoms with Crippen LogP contribution in [0, 0.1) is 0 Å². The van der Waals surface area contributed by atoms with Crippen molar-refractivity contribution in [3.05, 3.63) is 59.2 Å². The number of methoxy groups -OCH3 is 2. The number of nitrogens with one attached hydrogen (secondary N) is 2. The van der Waals surface area contributed by atoms with E-state index in [1.807, 2.05) is 12.1 Å². The van der Waals surface area contributed by atoms with Crippen molar-refractivity contribution in [1.29, 1.82) is 0 Å². The van der Waals surface area contributed by atoms with Gasteiger partial charge < -0.3 is 24.8 Å². The minimum atomic E-state index is 0. The first-order valence-corrected chi connectivity index (χ1v) is 10.8. The normalized spacial score (nSPS) is 14.4. The van der Waals surface area contributed by atoms with Crippen LogP contribution in [0.1, 0.15) is 16.7 Å². The topological polar surface area (TPSA) is 67.4 Å². The molecular formula is C24H35IN4O3. The van der Waals surface area contributed by atoms with Crippen molar-refractivity contribution in [1.82, 2.24) is 15.5 Å². The number of guanidine groups is 1. The van der Waals surface area contributed by atoms with E-state index in [-0.39, 0.29) is 24.0 Å². The lowest BCUT2D eigenvalue weighted by Crippen LogP contribution is -2.38. The Morgan fingerprint density at radius 1 is 1.00 bits per heavy atom. The zero-order valence-electron chi connectivity index (χ0n) is 19.2. The van der Waals surface area contributed by atoms with E-state index in [1.165, 1.54) is 16.7 Å². The van der Waals surface area contributed by atoms with E-state index in [0.717, 1.165) is 69.8 Å². The Kier molecular flexibility index (Phi) is 11.6. The highest BCUT2D eigenvalue weighted by atomic mass is 127. The average molecular weight is 554 g/mol. The molecule has 1 heterocycles. The molecular weight excluding hydrogens is 519 g/mol. The number of halogens is 1. The molecule has 0 aromatic heterocycles. The van der Waals surface area contributed by atoms with Gasteiger partial charge in [0.1, 0.15) is 0 Å². The van der Waals surface area contributed by atoms with E-state index < -0.39 is 0 Å². The summed E-state index contributed by atoms with van der Waals surface area (Å²) >= 11 is 0. The lowest BCUT2D eigenvalue weighted by Gasteiger charge is -2.27. The van der Waals surface area contributed by atoms with Crippen LogP contribution in [0.5, 0.6) is 11.5 Å². The second-order valence-electron chi connectivity index (χ2n) is 7.45. The van der Waals surface area contributed by atoms with Crippen molar-refractivity contribution in [2.75, 3.05) is 54.1 Å². The third-order valence-corrected chi connectivity index (χ3v) is 5.44. The summed E-state index contributed by atoms with van der Waals surface area (Å²) in [5.74, 6) is 2.29. The van der Waals surface area contributed by atoms with Gasteiger partial charge in [-0.3, -0.25) is 9.89 Å². The summed E-state index contributed by atoms with van der Waals surface area (Å²) in [6.07, 6.45) is 0.856. The summed E-state index contributed by atoms with van der Waals surface area (Å²) < 4.78 is 16.2. The summed E-state index contributed by atoms with van der Waals surface area (Å²) in [6.45, 7) is 6.06. The fraction of sp³-hybridized carbons (Fsp3) is 0.458. The van der Waals surface area contributed by atoms with Crippen LogP contribution < -0.4 is 20.1 Å². The van der Waals surface area contributed by atoms with Crippen LogP contribution in [-0.2, 0) is 24.2 Å². The second kappa shape index (κ2) is 14.2. The molecule has 1 fully saturated rings. The first-order chi connectivity index (χ1) is 15.2. The molecule has 1 aliphatic heterocycles. The minimum Gasteiger partial charge on any atom is -0.493 e. The number of hydrogen-bond donors (Lipinski definition) is 2. The van der Waals surface area contributed by atoms with Crippen LogP contribution in [0.25, 0.3) is 0 Å². The zero-order valence-corrected chi connectivity index (χ0v) is 21.6. The molecule has 0 bridgehead atoms. The summed E-state index contributed by atoms with van der Waals surface area (Å²) in [5, 5.41) is 6.84. The minimum absolute atomic E-state index is 0. The maximum absolute atomic E-state index is 5.46. The van der Waals surface area contributed by atoms with Gasteiger partial charge in [0.25, 0.3) is 0 Å². The number of aliphatic imine (C=N–C) groups is 1. The van der Waals surface area contributed by atoms with Gasteiger partial charge in [-0.1, -0.05) is 30.3 Å². The first kappa shape index (κ1) is 26.2. The van der Waals surface area contributed by atoms with Gasteiger partial charge in [-0.25, -0.2) is 0 Å². The van der Waals surface area contributed by atoms with E-state index in [4.69, 9.17) is 14.2 Å². The van der Waals surface area contributed by atoms with Crippen molar-refractivity contribution in [2.24, 2.45) is 4.99 Å². The van der Waals surface area contributed by atoms with Crippen LogP contribution in [0.2, 0.25) is 0 Å². The molecule has 0 spiro atoms. The molecule has 32 heavy (non-hydrogen) atoms. The van der Waals surface area contributed by atoms with E-state index in [2.05, 4.69) is 50.9 Å². The molecule has 2 aromatic rings. The van der Waals surface area contributed by atoms with Crippen molar-refractivity contribution in [3.8, 4) is 11.5 Å². The van der Waals surface area contributed by atoms with E-state index in [1.54, 1.807) is 21.3 Å². The monoisotopic (exact) mass is 554 g/mol. The predicted molar refractivity (Wildman–Crippen MR) is 139 cm³/mol. The third kappa shape index (κ3) is 7.83. The van der Waals surface area contributed by atoms with Gasteiger partial charge in [-0.05, 0) is 35.2 Å².